The summed E-state index contributed by atoms with van der Waals surface area (Å²) >= 11 is 0. The molecule has 0 aliphatic heterocycles. The zero-order valence-electron chi connectivity index (χ0n) is 18.0. The van der Waals surface area contributed by atoms with E-state index >= 15 is 0 Å². The normalized spacial score (nSPS) is 18.8. The maximum atomic E-state index is 12.7. The van der Waals surface area contributed by atoms with Crippen molar-refractivity contribution in [1.29, 1.82) is 0 Å². The number of hydrogen-bond acceptors (Lipinski definition) is 4. The molecule has 1 heterocycles. The Morgan fingerprint density at radius 2 is 1.88 bits per heavy atom. The highest BCUT2D eigenvalue weighted by Crippen LogP contribution is 2.36. The van der Waals surface area contributed by atoms with Crippen molar-refractivity contribution in [1.82, 2.24) is 19.8 Å². The number of aromatic nitrogens is 2. The van der Waals surface area contributed by atoms with E-state index in [1.807, 2.05) is 30.3 Å². The van der Waals surface area contributed by atoms with E-state index in [1.165, 1.54) is 16.3 Å². The Balaban J connectivity index is 1.48. The molecule has 2 aliphatic rings. The summed E-state index contributed by atoms with van der Waals surface area (Å²) in [5.41, 5.74) is 4.83. The molecule has 32 heavy (non-hydrogen) atoms. The summed E-state index contributed by atoms with van der Waals surface area (Å²) in [5, 5.41) is 6.72. The van der Waals surface area contributed by atoms with E-state index in [1.54, 1.807) is 6.20 Å². The van der Waals surface area contributed by atoms with E-state index in [9.17, 15) is 13.2 Å². The van der Waals surface area contributed by atoms with Crippen LogP contribution in [-0.4, -0.2) is 24.2 Å². The van der Waals surface area contributed by atoms with E-state index in [4.69, 9.17) is 0 Å². The molecule has 1 aromatic carbocycles. The highest BCUT2D eigenvalue weighted by molar-refractivity contribution is 7.90. The maximum Gasteiger partial charge on any atom is 0.333 e. The number of rotatable bonds is 5. The van der Waals surface area contributed by atoms with E-state index < -0.39 is 16.1 Å². The topological polar surface area (TPSA) is 93.1 Å². The number of hydrogen-bond donors (Lipinski definition) is 2. The van der Waals surface area contributed by atoms with Crippen molar-refractivity contribution in [2.75, 3.05) is 0 Å². The van der Waals surface area contributed by atoms with Crippen LogP contribution in [0.15, 0.2) is 82.7 Å². The van der Waals surface area contributed by atoms with Gasteiger partial charge >= 0.3 is 6.03 Å². The zero-order valence-corrected chi connectivity index (χ0v) is 18.8. The van der Waals surface area contributed by atoms with Gasteiger partial charge in [0.15, 0.2) is 5.03 Å². The van der Waals surface area contributed by atoms with Crippen LogP contribution in [0.4, 0.5) is 4.79 Å². The van der Waals surface area contributed by atoms with Crippen LogP contribution < -0.4 is 10.0 Å². The average molecular weight is 453 g/mol. The predicted octanol–water partition coefficient (Wildman–Crippen LogP) is 4.41. The number of benzene rings is 1. The van der Waals surface area contributed by atoms with Gasteiger partial charge in [-0.3, -0.25) is 4.68 Å². The highest BCUT2D eigenvalue weighted by Gasteiger charge is 2.25. The Kier molecular flexibility index (Phi) is 6.60. The van der Waals surface area contributed by atoms with Crippen molar-refractivity contribution in [3.8, 4) is 0 Å². The predicted molar refractivity (Wildman–Crippen MR) is 123 cm³/mol. The quantitative estimate of drug-likeness (QED) is 0.703. The number of sulfonamides is 1. The fourth-order valence-electron chi connectivity index (χ4n) is 4.20. The first-order valence-corrected chi connectivity index (χ1v) is 12.4. The summed E-state index contributed by atoms with van der Waals surface area (Å²) in [6.45, 7) is 4.60. The van der Waals surface area contributed by atoms with Crippen LogP contribution in [0, 0.1) is 0 Å². The third-order valence-corrected chi connectivity index (χ3v) is 7.01. The summed E-state index contributed by atoms with van der Waals surface area (Å²) in [6.07, 6.45) is 10.6. The standard InChI is InChI=1S/C24H28N4O3S/c1-18-9-4-2-7-12-20-13-8-14-21(20)23(18)25-24(29)27-32(30,31)22-15-16-28(26-22)17-19-10-5-3-6-11-19/h3,5-6,10-12,15-16H,1-2,4,7-9,13-14,17H2,(H2,25,27,29)/b20-12-,23-21?. The van der Waals surface area contributed by atoms with Crippen LogP contribution in [0.25, 0.3) is 0 Å². The molecule has 1 fully saturated rings. The molecule has 4 rings (SSSR count). The fraction of sp³-hybridized carbons (Fsp3) is 0.333. The monoisotopic (exact) mass is 452 g/mol. The van der Waals surface area contributed by atoms with Gasteiger partial charge in [0, 0.05) is 11.9 Å². The van der Waals surface area contributed by atoms with E-state index in [0.717, 1.165) is 61.7 Å². The lowest BCUT2D eigenvalue weighted by molar-refractivity contribution is 0.248. The van der Waals surface area contributed by atoms with E-state index in [2.05, 4.69) is 27.8 Å². The minimum Gasteiger partial charge on any atom is -0.307 e. The summed E-state index contributed by atoms with van der Waals surface area (Å²) in [4.78, 5) is 12.7. The Bertz CT molecular complexity index is 1180. The summed E-state index contributed by atoms with van der Waals surface area (Å²) in [5.74, 6) is 0. The number of fused-ring (bicyclic) bond motifs is 1. The smallest absolute Gasteiger partial charge is 0.307 e. The Morgan fingerprint density at radius 1 is 1.06 bits per heavy atom. The van der Waals surface area contributed by atoms with Gasteiger partial charge in [-0.25, -0.2) is 9.52 Å². The molecule has 168 valence electrons. The first-order valence-electron chi connectivity index (χ1n) is 10.9. The second-order valence-electron chi connectivity index (χ2n) is 8.18. The van der Waals surface area contributed by atoms with Gasteiger partial charge in [0.05, 0.1) is 6.54 Å². The van der Waals surface area contributed by atoms with Crippen molar-refractivity contribution in [2.24, 2.45) is 0 Å². The molecule has 0 bridgehead atoms. The molecule has 0 radical (unpaired) electrons. The average Bonchev–Trinajstić information content (AvgIpc) is 3.42. The lowest BCUT2D eigenvalue weighted by atomic mass is 10.0. The summed E-state index contributed by atoms with van der Waals surface area (Å²) in [6, 6.07) is 10.2. The van der Waals surface area contributed by atoms with Crippen molar-refractivity contribution >= 4 is 16.1 Å². The first kappa shape index (κ1) is 22.1. The second kappa shape index (κ2) is 9.56. The van der Waals surface area contributed by atoms with Crippen LogP contribution in [-0.2, 0) is 16.6 Å². The molecule has 0 saturated heterocycles. The molecule has 2 aromatic rings. The lowest BCUT2D eigenvalue weighted by Crippen LogP contribution is -2.39. The number of urea groups is 1. The Hall–Kier alpha value is -3.13. The van der Waals surface area contributed by atoms with Crippen molar-refractivity contribution in [2.45, 2.75) is 56.5 Å². The number of amides is 2. The lowest BCUT2D eigenvalue weighted by Gasteiger charge is -2.16. The molecule has 1 saturated carbocycles. The minimum atomic E-state index is -4.11. The molecule has 0 unspecified atom stereocenters. The molecule has 2 N–H and O–H groups in total. The highest BCUT2D eigenvalue weighted by atomic mass is 32.2. The van der Waals surface area contributed by atoms with Gasteiger partial charge in [0.2, 0.25) is 0 Å². The number of carbonyl (C=O) groups excluding carboxylic acids is 1. The fourth-order valence-corrected chi connectivity index (χ4v) is 5.05. The molecule has 0 atom stereocenters. The van der Waals surface area contributed by atoms with Gasteiger partial charge in [-0.1, -0.05) is 43.0 Å². The molecule has 8 heteroatoms. The number of carbonyl (C=O) groups is 1. The number of allylic oxidation sites excluding steroid dienone is 4. The molecule has 2 aliphatic carbocycles. The third kappa shape index (κ3) is 5.19. The Labute approximate surface area is 189 Å². The molecule has 0 spiro atoms. The van der Waals surface area contributed by atoms with E-state index in [-0.39, 0.29) is 5.03 Å². The van der Waals surface area contributed by atoms with E-state index in [0.29, 0.717) is 12.2 Å². The minimum absolute atomic E-state index is 0.198. The van der Waals surface area contributed by atoms with Crippen molar-refractivity contribution in [3.05, 3.63) is 83.2 Å². The molecule has 1 aromatic heterocycles. The van der Waals surface area contributed by atoms with Crippen LogP contribution in [0.2, 0.25) is 0 Å². The van der Waals surface area contributed by atoms with Crippen LogP contribution in [0.3, 0.4) is 0 Å². The molecule has 7 nitrogen and oxygen atoms in total. The van der Waals surface area contributed by atoms with Gasteiger partial charge in [-0.15, -0.1) is 0 Å². The maximum absolute atomic E-state index is 12.7. The summed E-state index contributed by atoms with van der Waals surface area (Å²) < 4.78 is 29.1. The largest absolute Gasteiger partial charge is 0.333 e. The van der Waals surface area contributed by atoms with Gasteiger partial charge in [0.1, 0.15) is 0 Å². The first-order chi connectivity index (χ1) is 15.4. The molecule has 2 amide bonds. The van der Waals surface area contributed by atoms with Gasteiger partial charge in [-0.2, -0.15) is 13.5 Å². The van der Waals surface area contributed by atoms with Gasteiger partial charge < -0.3 is 5.32 Å². The molecular formula is C24H28N4O3S. The third-order valence-electron chi connectivity index (χ3n) is 5.78. The molecular weight excluding hydrogens is 424 g/mol. The SMILES string of the molecule is C=C1CCCC/C=C2/CCCC2=C1NC(=O)NS(=O)(=O)c1ccn(Cc2ccccc2)n1. The second-order valence-corrected chi connectivity index (χ2v) is 9.81. The van der Waals surface area contributed by atoms with Gasteiger partial charge in [0.25, 0.3) is 10.0 Å². The van der Waals surface area contributed by atoms with Crippen LogP contribution >= 0.6 is 0 Å². The summed E-state index contributed by atoms with van der Waals surface area (Å²) in [7, 11) is -4.11. The zero-order chi connectivity index (χ0) is 22.6. The van der Waals surface area contributed by atoms with Crippen LogP contribution in [0.1, 0.15) is 50.5 Å². The van der Waals surface area contributed by atoms with Crippen molar-refractivity contribution in [3.63, 3.8) is 0 Å². The van der Waals surface area contributed by atoms with Crippen molar-refractivity contribution < 1.29 is 13.2 Å². The Morgan fingerprint density at radius 3 is 2.69 bits per heavy atom. The van der Waals surface area contributed by atoms with Gasteiger partial charge in [-0.05, 0) is 73.3 Å². The van der Waals surface area contributed by atoms with Crippen LogP contribution in [0.5, 0.6) is 0 Å². The number of nitrogens with one attached hydrogen (secondary N) is 2. The number of nitrogens with zero attached hydrogens (tertiary/aromatic N) is 2.